The Bertz CT molecular complexity index is 363. The summed E-state index contributed by atoms with van der Waals surface area (Å²) in [6, 6.07) is 5.70. The number of hydrogen-bond donors (Lipinski definition) is 3. The van der Waals surface area contributed by atoms with Gasteiger partial charge in [-0.15, -0.1) is 0 Å². The molecule has 0 spiro atoms. The molecule has 4 N–H and O–H groups in total. The minimum absolute atomic E-state index is 0.0869. The van der Waals surface area contributed by atoms with Crippen LogP contribution in [0, 0.1) is 12.3 Å². The molecular weight excluding hydrogens is 190 g/mol. The third kappa shape index (κ3) is 2.70. The van der Waals surface area contributed by atoms with Gasteiger partial charge in [0.25, 0.3) is 0 Å². The number of rotatable bonds is 4. The Morgan fingerprint density at radius 2 is 2.20 bits per heavy atom. The number of aliphatic hydroxyl groups excluding tert-OH is 1. The molecule has 1 aromatic rings. The van der Waals surface area contributed by atoms with Gasteiger partial charge in [0.1, 0.15) is 5.84 Å². The van der Waals surface area contributed by atoms with E-state index in [2.05, 4.69) is 0 Å². The molecule has 0 bridgehead atoms. The highest BCUT2D eigenvalue weighted by Gasteiger charge is 2.05. The van der Waals surface area contributed by atoms with E-state index in [-0.39, 0.29) is 12.4 Å². The van der Waals surface area contributed by atoms with E-state index in [1.54, 1.807) is 0 Å². The van der Waals surface area contributed by atoms with Crippen LogP contribution in [0.15, 0.2) is 18.2 Å². The summed E-state index contributed by atoms with van der Waals surface area (Å²) in [7, 11) is 1.92. The molecule has 1 aromatic carbocycles. The Labute approximate surface area is 89.8 Å². The van der Waals surface area contributed by atoms with Gasteiger partial charge in [-0.3, -0.25) is 5.41 Å². The number of benzene rings is 1. The fourth-order valence-electron chi connectivity index (χ4n) is 1.47. The smallest absolute Gasteiger partial charge is 0.123 e. The van der Waals surface area contributed by atoms with Crippen LogP contribution in [0.2, 0.25) is 0 Å². The molecule has 0 aliphatic carbocycles. The Balaban J connectivity index is 2.96. The van der Waals surface area contributed by atoms with Crippen LogP contribution in [0.25, 0.3) is 0 Å². The molecule has 0 fully saturated rings. The molecule has 0 saturated carbocycles. The van der Waals surface area contributed by atoms with Gasteiger partial charge < -0.3 is 15.7 Å². The van der Waals surface area contributed by atoms with E-state index in [1.165, 1.54) is 0 Å². The van der Waals surface area contributed by atoms with Crippen LogP contribution in [0.5, 0.6) is 0 Å². The number of aliphatic hydroxyl groups is 1. The maximum absolute atomic E-state index is 8.81. The van der Waals surface area contributed by atoms with E-state index in [0.29, 0.717) is 6.54 Å². The third-order valence-corrected chi connectivity index (χ3v) is 2.38. The van der Waals surface area contributed by atoms with Crippen LogP contribution in [0.4, 0.5) is 5.69 Å². The van der Waals surface area contributed by atoms with Gasteiger partial charge in [0, 0.05) is 24.8 Å². The zero-order valence-corrected chi connectivity index (χ0v) is 9.12. The highest BCUT2D eigenvalue weighted by molar-refractivity contribution is 5.96. The summed E-state index contributed by atoms with van der Waals surface area (Å²) in [5.74, 6) is 0.0869. The number of nitrogens with one attached hydrogen (secondary N) is 1. The van der Waals surface area contributed by atoms with Crippen LogP contribution in [0.3, 0.4) is 0 Å². The number of nitrogens with two attached hydrogens (primary N) is 1. The monoisotopic (exact) mass is 207 g/mol. The van der Waals surface area contributed by atoms with E-state index < -0.39 is 0 Å². The Morgan fingerprint density at radius 3 is 2.67 bits per heavy atom. The molecule has 1 rings (SSSR count). The minimum atomic E-state index is 0.0869. The third-order valence-electron chi connectivity index (χ3n) is 2.38. The average Bonchev–Trinajstić information content (AvgIpc) is 2.17. The number of nitrogen functional groups attached to an aromatic ring is 1. The van der Waals surface area contributed by atoms with Crippen molar-refractivity contribution in [2.45, 2.75) is 6.92 Å². The fourth-order valence-corrected chi connectivity index (χ4v) is 1.47. The number of amidine groups is 1. The number of likely N-dealkylation sites (N-methyl/N-ethyl adjacent to an activating group) is 1. The first-order valence-electron chi connectivity index (χ1n) is 4.83. The van der Waals surface area contributed by atoms with Gasteiger partial charge in [0.15, 0.2) is 0 Å². The van der Waals surface area contributed by atoms with E-state index in [4.69, 9.17) is 16.2 Å². The van der Waals surface area contributed by atoms with Crippen LogP contribution in [-0.2, 0) is 0 Å². The lowest BCUT2D eigenvalue weighted by atomic mass is 10.1. The van der Waals surface area contributed by atoms with Crippen LogP contribution in [-0.4, -0.2) is 31.1 Å². The highest BCUT2D eigenvalue weighted by Crippen LogP contribution is 2.17. The Morgan fingerprint density at radius 1 is 1.53 bits per heavy atom. The molecule has 4 heteroatoms. The summed E-state index contributed by atoms with van der Waals surface area (Å²) in [6.45, 7) is 2.65. The summed E-state index contributed by atoms with van der Waals surface area (Å²) in [5.41, 5.74) is 8.19. The first kappa shape index (κ1) is 11.5. The van der Waals surface area contributed by atoms with Crippen LogP contribution >= 0.6 is 0 Å². The molecule has 0 aliphatic rings. The van der Waals surface area contributed by atoms with Gasteiger partial charge in [-0.2, -0.15) is 0 Å². The largest absolute Gasteiger partial charge is 0.395 e. The summed E-state index contributed by atoms with van der Waals surface area (Å²) in [6.07, 6.45) is 0. The van der Waals surface area contributed by atoms with Gasteiger partial charge in [-0.05, 0) is 30.7 Å². The van der Waals surface area contributed by atoms with Crippen molar-refractivity contribution >= 4 is 11.5 Å². The van der Waals surface area contributed by atoms with Gasteiger partial charge >= 0.3 is 0 Å². The number of hydrogen-bond acceptors (Lipinski definition) is 3. The quantitative estimate of drug-likeness (QED) is 0.503. The van der Waals surface area contributed by atoms with Gasteiger partial charge in [0.2, 0.25) is 0 Å². The second kappa shape index (κ2) is 4.79. The lowest BCUT2D eigenvalue weighted by Crippen LogP contribution is -2.21. The molecule has 82 valence electrons. The first-order chi connectivity index (χ1) is 7.06. The molecule has 0 unspecified atom stereocenters. The molecular formula is C11H17N3O. The van der Waals surface area contributed by atoms with Crippen molar-refractivity contribution in [1.29, 1.82) is 5.41 Å². The Kier molecular flexibility index (Phi) is 3.68. The van der Waals surface area contributed by atoms with Gasteiger partial charge in [-0.25, -0.2) is 0 Å². The van der Waals surface area contributed by atoms with Crippen molar-refractivity contribution in [1.82, 2.24) is 0 Å². The molecule has 15 heavy (non-hydrogen) atoms. The van der Waals surface area contributed by atoms with E-state index in [9.17, 15) is 0 Å². The molecule has 0 atom stereocenters. The molecule has 0 aliphatic heterocycles. The first-order valence-corrected chi connectivity index (χ1v) is 4.83. The van der Waals surface area contributed by atoms with Crippen LogP contribution < -0.4 is 10.6 Å². The normalized spacial score (nSPS) is 10.1. The lowest BCUT2D eigenvalue weighted by molar-refractivity contribution is 0.304. The maximum atomic E-state index is 8.81. The predicted molar refractivity (Wildman–Crippen MR) is 62.6 cm³/mol. The molecule has 0 amide bonds. The van der Waals surface area contributed by atoms with Gasteiger partial charge in [0.05, 0.1) is 6.61 Å². The standard InChI is InChI=1S/C11H17N3O/c1-8-7-9(14(2)5-6-15)3-4-10(8)11(12)13/h3-4,7,15H,5-6H2,1-2H3,(H3,12,13). The SMILES string of the molecule is Cc1cc(N(C)CCO)ccc1C(=N)N. The van der Waals surface area contributed by atoms with Gasteiger partial charge in [-0.1, -0.05) is 0 Å². The molecule has 0 heterocycles. The van der Waals surface area contributed by atoms with Crippen molar-refractivity contribution in [3.05, 3.63) is 29.3 Å². The van der Waals surface area contributed by atoms with Crippen molar-refractivity contribution in [3.8, 4) is 0 Å². The highest BCUT2D eigenvalue weighted by atomic mass is 16.3. The number of nitrogens with zero attached hydrogens (tertiary/aromatic N) is 1. The van der Waals surface area contributed by atoms with Crippen molar-refractivity contribution < 1.29 is 5.11 Å². The molecule has 0 aromatic heterocycles. The summed E-state index contributed by atoms with van der Waals surface area (Å²) >= 11 is 0. The topological polar surface area (TPSA) is 73.3 Å². The molecule has 0 radical (unpaired) electrons. The molecule has 4 nitrogen and oxygen atoms in total. The minimum Gasteiger partial charge on any atom is -0.395 e. The summed E-state index contributed by atoms with van der Waals surface area (Å²) < 4.78 is 0. The second-order valence-corrected chi connectivity index (χ2v) is 3.56. The number of anilines is 1. The van der Waals surface area contributed by atoms with Crippen molar-refractivity contribution in [2.24, 2.45) is 5.73 Å². The van der Waals surface area contributed by atoms with E-state index >= 15 is 0 Å². The van der Waals surface area contributed by atoms with Crippen LogP contribution in [0.1, 0.15) is 11.1 Å². The summed E-state index contributed by atoms with van der Waals surface area (Å²) in [5, 5.41) is 16.2. The summed E-state index contributed by atoms with van der Waals surface area (Å²) in [4.78, 5) is 1.96. The zero-order chi connectivity index (χ0) is 11.4. The lowest BCUT2D eigenvalue weighted by Gasteiger charge is -2.19. The molecule has 0 saturated heterocycles. The number of aryl methyl sites for hydroxylation is 1. The van der Waals surface area contributed by atoms with Crippen molar-refractivity contribution in [2.75, 3.05) is 25.1 Å². The Hall–Kier alpha value is -1.55. The predicted octanol–water partition coefficient (Wildman–Crippen LogP) is 0.708. The maximum Gasteiger partial charge on any atom is 0.123 e. The van der Waals surface area contributed by atoms with E-state index in [0.717, 1.165) is 16.8 Å². The average molecular weight is 207 g/mol. The zero-order valence-electron chi connectivity index (χ0n) is 9.12. The van der Waals surface area contributed by atoms with Crippen molar-refractivity contribution in [3.63, 3.8) is 0 Å². The fraction of sp³-hybridized carbons (Fsp3) is 0.364. The van der Waals surface area contributed by atoms with E-state index in [1.807, 2.05) is 37.1 Å². The second-order valence-electron chi connectivity index (χ2n) is 3.56.